The van der Waals surface area contributed by atoms with E-state index in [2.05, 4.69) is 12.2 Å². The zero-order valence-corrected chi connectivity index (χ0v) is 11.9. The Morgan fingerprint density at radius 2 is 2.00 bits per heavy atom. The third kappa shape index (κ3) is 4.82. The quantitative estimate of drug-likeness (QED) is 0.694. The first-order chi connectivity index (χ1) is 9.00. The van der Waals surface area contributed by atoms with E-state index in [0.29, 0.717) is 44.8 Å². The maximum Gasteiger partial charge on any atom is 0.329 e. The zero-order valence-electron chi connectivity index (χ0n) is 11.9. The smallest absolute Gasteiger partial charge is 0.329 e. The van der Waals surface area contributed by atoms with Gasteiger partial charge in [0.1, 0.15) is 5.54 Å². The Morgan fingerprint density at radius 3 is 2.53 bits per heavy atom. The second-order valence-electron chi connectivity index (χ2n) is 5.42. The molecule has 0 bridgehead atoms. The largest absolute Gasteiger partial charge is 0.480 e. The van der Waals surface area contributed by atoms with Gasteiger partial charge in [0.05, 0.1) is 0 Å². The Kier molecular flexibility index (Phi) is 6.28. The van der Waals surface area contributed by atoms with Crippen molar-refractivity contribution in [3.63, 3.8) is 0 Å². The summed E-state index contributed by atoms with van der Waals surface area (Å²) >= 11 is 0. The summed E-state index contributed by atoms with van der Waals surface area (Å²) in [5.74, 6) is -0.545. The van der Waals surface area contributed by atoms with Crippen LogP contribution >= 0.6 is 0 Å². The third-order valence-corrected chi connectivity index (χ3v) is 3.81. The molecule has 1 amide bonds. The van der Waals surface area contributed by atoms with Crippen LogP contribution in [0.25, 0.3) is 0 Å². The molecule has 0 aliphatic heterocycles. The lowest BCUT2D eigenvalue weighted by Crippen LogP contribution is -2.56. The lowest BCUT2D eigenvalue weighted by molar-refractivity contribution is -0.149. The topological polar surface area (TPSA) is 75.6 Å². The molecule has 5 heteroatoms. The second kappa shape index (κ2) is 7.48. The third-order valence-electron chi connectivity index (χ3n) is 3.81. The van der Waals surface area contributed by atoms with Crippen molar-refractivity contribution in [1.82, 2.24) is 5.32 Å². The average Bonchev–Trinajstić information content (AvgIpc) is 2.37. The molecule has 1 rings (SSSR count). The molecule has 1 saturated carbocycles. The fraction of sp³-hybridized carbons (Fsp3) is 0.857. The molecule has 0 radical (unpaired) electrons. The van der Waals surface area contributed by atoms with Gasteiger partial charge in [-0.05, 0) is 44.9 Å². The minimum Gasteiger partial charge on any atom is -0.480 e. The van der Waals surface area contributed by atoms with Crippen molar-refractivity contribution < 1.29 is 19.4 Å². The number of amides is 1. The van der Waals surface area contributed by atoms with Crippen molar-refractivity contribution in [2.24, 2.45) is 5.92 Å². The van der Waals surface area contributed by atoms with Gasteiger partial charge in [0, 0.05) is 19.6 Å². The predicted octanol–water partition coefficient (Wildman–Crippen LogP) is 1.95. The zero-order chi connectivity index (χ0) is 14.3. The molecule has 0 atom stereocenters. The molecule has 0 spiro atoms. The van der Waals surface area contributed by atoms with Gasteiger partial charge in [-0.2, -0.15) is 0 Å². The summed E-state index contributed by atoms with van der Waals surface area (Å²) in [6.07, 6.45) is 3.72. The van der Waals surface area contributed by atoms with Gasteiger partial charge in [-0.25, -0.2) is 4.79 Å². The number of nitrogens with one attached hydrogen (secondary N) is 1. The van der Waals surface area contributed by atoms with Gasteiger partial charge in [0.15, 0.2) is 0 Å². The summed E-state index contributed by atoms with van der Waals surface area (Å²) in [5.41, 5.74) is -1.05. The molecule has 0 unspecified atom stereocenters. The lowest BCUT2D eigenvalue weighted by atomic mass is 9.77. The van der Waals surface area contributed by atoms with Crippen molar-refractivity contribution in [2.75, 3.05) is 13.2 Å². The highest BCUT2D eigenvalue weighted by Crippen LogP contribution is 2.32. The summed E-state index contributed by atoms with van der Waals surface area (Å²) in [6.45, 7) is 5.21. The number of rotatable bonds is 7. The van der Waals surface area contributed by atoms with Gasteiger partial charge in [-0.15, -0.1) is 0 Å². The molecule has 1 fully saturated rings. The molecule has 0 saturated heterocycles. The average molecular weight is 271 g/mol. The van der Waals surface area contributed by atoms with Crippen molar-refractivity contribution >= 4 is 11.9 Å². The fourth-order valence-electron chi connectivity index (χ4n) is 2.46. The van der Waals surface area contributed by atoms with Crippen LogP contribution in [0.2, 0.25) is 0 Å². The van der Waals surface area contributed by atoms with E-state index in [1.807, 2.05) is 6.92 Å². The van der Waals surface area contributed by atoms with E-state index < -0.39 is 11.5 Å². The van der Waals surface area contributed by atoms with Crippen LogP contribution in [-0.2, 0) is 14.3 Å². The minimum atomic E-state index is -1.05. The summed E-state index contributed by atoms with van der Waals surface area (Å²) in [7, 11) is 0. The van der Waals surface area contributed by atoms with E-state index in [1.54, 1.807) is 0 Å². The number of aliphatic carboxylic acids is 1. The highest BCUT2D eigenvalue weighted by atomic mass is 16.5. The number of hydrogen-bond donors (Lipinski definition) is 2. The van der Waals surface area contributed by atoms with E-state index >= 15 is 0 Å². The van der Waals surface area contributed by atoms with Crippen molar-refractivity contribution in [3.8, 4) is 0 Å². The summed E-state index contributed by atoms with van der Waals surface area (Å²) in [4.78, 5) is 23.3. The van der Waals surface area contributed by atoms with Crippen LogP contribution in [0.1, 0.15) is 52.4 Å². The Balaban J connectivity index is 2.45. The maximum atomic E-state index is 11.8. The number of carbonyl (C=O) groups excluding carboxylic acids is 1. The van der Waals surface area contributed by atoms with Crippen LogP contribution in [0.5, 0.6) is 0 Å². The van der Waals surface area contributed by atoms with Crippen LogP contribution in [0.15, 0.2) is 0 Å². The van der Waals surface area contributed by atoms with E-state index in [-0.39, 0.29) is 5.91 Å². The van der Waals surface area contributed by atoms with Gasteiger partial charge < -0.3 is 15.2 Å². The standard InChI is InChI=1S/C14H25NO4/c1-3-19-10-4-5-12(16)15-14(13(17)18)8-6-11(2)7-9-14/h11H,3-10H2,1-2H3,(H,15,16)(H,17,18). The molecule has 5 nitrogen and oxygen atoms in total. The molecule has 1 aliphatic carbocycles. The Labute approximate surface area is 114 Å². The highest BCUT2D eigenvalue weighted by molar-refractivity contribution is 5.87. The molecular weight excluding hydrogens is 246 g/mol. The number of carboxylic acids is 1. The number of carbonyl (C=O) groups is 2. The first-order valence-corrected chi connectivity index (χ1v) is 7.12. The number of ether oxygens (including phenoxy) is 1. The minimum absolute atomic E-state index is 0.184. The summed E-state index contributed by atoms with van der Waals surface area (Å²) in [5, 5.41) is 12.1. The first kappa shape index (κ1) is 16.0. The molecule has 0 heterocycles. The van der Waals surface area contributed by atoms with Crippen LogP contribution in [0.4, 0.5) is 0 Å². The maximum absolute atomic E-state index is 11.8. The van der Waals surface area contributed by atoms with Gasteiger partial charge >= 0.3 is 5.97 Å². The molecule has 110 valence electrons. The van der Waals surface area contributed by atoms with Gasteiger partial charge in [-0.1, -0.05) is 6.92 Å². The molecule has 19 heavy (non-hydrogen) atoms. The Morgan fingerprint density at radius 1 is 1.37 bits per heavy atom. The van der Waals surface area contributed by atoms with Crippen molar-refractivity contribution in [1.29, 1.82) is 0 Å². The number of carboxylic acid groups (broad SMARTS) is 1. The first-order valence-electron chi connectivity index (χ1n) is 7.12. The van der Waals surface area contributed by atoms with Crippen LogP contribution in [0.3, 0.4) is 0 Å². The SMILES string of the molecule is CCOCCCC(=O)NC1(C(=O)O)CCC(C)CC1. The molecule has 0 aromatic rings. The van der Waals surface area contributed by atoms with Crippen LogP contribution in [-0.4, -0.2) is 35.7 Å². The van der Waals surface area contributed by atoms with Crippen LogP contribution < -0.4 is 5.32 Å². The van der Waals surface area contributed by atoms with E-state index in [4.69, 9.17) is 4.74 Å². The van der Waals surface area contributed by atoms with Gasteiger partial charge in [0.25, 0.3) is 0 Å². The lowest BCUT2D eigenvalue weighted by Gasteiger charge is -2.36. The van der Waals surface area contributed by atoms with Crippen LogP contribution in [0, 0.1) is 5.92 Å². The Bertz CT molecular complexity index is 309. The summed E-state index contributed by atoms with van der Waals surface area (Å²) in [6, 6.07) is 0. The molecule has 2 N–H and O–H groups in total. The Hall–Kier alpha value is -1.10. The highest BCUT2D eigenvalue weighted by Gasteiger charge is 2.42. The summed E-state index contributed by atoms with van der Waals surface area (Å²) < 4.78 is 5.16. The van der Waals surface area contributed by atoms with E-state index in [0.717, 1.165) is 12.8 Å². The molecule has 0 aromatic carbocycles. The van der Waals surface area contributed by atoms with E-state index in [1.165, 1.54) is 0 Å². The number of hydrogen-bond acceptors (Lipinski definition) is 3. The van der Waals surface area contributed by atoms with Crippen molar-refractivity contribution in [3.05, 3.63) is 0 Å². The normalized spacial score (nSPS) is 26.9. The van der Waals surface area contributed by atoms with E-state index in [9.17, 15) is 14.7 Å². The van der Waals surface area contributed by atoms with Crippen molar-refractivity contribution in [2.45, 2.75) is 57.9 Å². The fourth-order valence-corrected chi connectivity index (χ4v) is 2.46. The predicted molar refractivity (Wildman–Crippen MR) is 71.9 cm³/mol. The molecule has 0 aromatic heterocycles. The molecular formula is C14H25NO4. The molecule has 1 aliphatic rings. The second-order valence-corrected chi connectivity index (χ2v) is 5.42. The van der Waals surface area contributed by atoms with Gasteiger partial charge in [-0.3, -0.25) is 4.79 Å². The monoisotopic (exact) mass is 271 g/mol. The van der Waals surface area contributed by atoms with Gasteiger partial charge in [0.2, 0.25) is 5.91 Å².